The molecule has 1 amide bonds. The normalized spacial score (nSPS) is 18.0. The SMILES string of the molecule is CCn1ccnc1CN1CCCC(CCC(=O)Nc2ccccc2F)C1. The molecule has 1 aromatic heterocycles. The van der Waals surface area contributed by atoms with E-state index in [2.05, 4.69) is 26.7 Å². The molecule has 3 rings (SSSR count). The van der Waals surface area contributed by atoms with Crippen LogP contribution >= 0.6 is 0 Å². The van der Waals surface area contributed by atoms with Gasteiger partial charge in [-0.3, -0.25) is 9.69 Å². The minimum Gasteiger partial charge on any atom is -0.334 e. The second-order valence-corrected chi connectivity index (χ2v) is 6.94. The van der Waals surface area contributed by atoms with Crippen molar-refractivity contribution in [3.63, 3.8) is 0 Å². The molecule has 140 valence electrons. The first kappa shape index (κ1) is 18.6. The van der Waals surface area contributed by atoms with Gasteiger partial charge in [-0.25, -0.2) is 9.37 Å². The predicted octanol–water partition coefficient (Wildman–Crippen LogP) is 3.67. The molecule has 1 N–H and O–H groups in total. The Labute approximate surface area is 154 Å². The molecular weight excluding hydrogens is 331 g/mol. The van der Waals surface area contributed by atoms with E-state index in [-0.39, 0.29) is 11.6 Å². The zero-order valence-corrected chi connectivity index (χ0v) is 15.3. The summed E-state index contributed by atoms with van der Waals surface area (Å²) in [7, 11) is 0. The first-order valence-electron chi connectivity index (χ1n) is 9.42. The molecule has 0 aliphatic carbocycles. The van der Waals surface area contributed by atoms with Gasteiger partial charge in [-0.15, -0.1) is 0 Å². The number of amides is 1. The molecule has 0 radical (unpaired) electrons. The van der Waals surface area contributed by atoms with E-state index in [4.69, 9.17) is 0 Å². The summed E-state index contributed by atoms with van der Waals surface area (Å²) < 4.78 is 15.8. The molecule has 26 heavy (non-hydrogen) atoms. The molecule has 1 aliphatic heterocycles. The van der Waals surface area contributed by atoms with Gasteiger partial charge in [0, 0.05) is 31.9 Å². The van der Waals surface area contributed by atoms with Crippen molar-refractivity contribution in [2.75, 3.05) is 18.4 Å². The number of hydrogen-bond donors (Lipinski definition) is 1. The number of rotatable bonds is 7. The van der Waals surface area contributed by atoms with E-state index in [0.29, 0.717) is 12.3 Å². The van der Waals surface area contributed by atoms with Gasteiger partial charge in [0.25, 0.3) is 0 Å². The van der Waals surface area contributed by atoms with Crippen LogP contribution in [0.5, 0.6) is 0 Å². The number of nitrogens with zero attached hydrogens (tertiary/aromatic N) is 3. The Hall–Kier alpha value is -2.21. The number of hydrogen-bond acceptors (Lipinski definition) is 3. The molecule has 1 fully saturated rings. The molecule has 1 unspecified atom stereocenters. The summed E-state index contributed by atoms with van der Waals surface area (Å²) in [5.74, 6) is 1.09. The number of benzene rings is 1. The van der Waals surface area contributed by atoms with E-state index in [1.165, 1.54) is 6.07 Å². The topological polar surface area (TPSA) is 50.2 Å². The molecule has 2 aromatic rings. The largest absolute Gasteiger partial charge is 0.334 e. The summed E-state index contributed by atoms with van der Waals surface area (Å²) in [6.07, 6.45) is 7.42. The Morgan fingerprint density at radius 3 is 3.04 bits per heavy atom. The Kier molecular flexibility index (Phi) is 6.39. The Morgan fingerprint density at radius 2 is 2.23 bits per heavy atom. The summed E-state index contributed by atoms with van der Waals surface area (Å²) in [5, 5.41) is 2.67. The van der Waals surface area contributed by atoms with Crippen LogP contribution in [-0.2, 0) is 17.9 Å². The second kappa shape index (κ2) is 8.94. The summed E-state index contributed by atoms with van der Waals surface area (Å²) in [4.78, 5) is 19.0. The van der Waals surface area contributed by atoms with E-state index >= 15 is 0 Å². The van der Waals surface area contributed by atoms with Crippen molar-refractivity contribution in [3.05, 3.63) is 48.3 Å². The summed E-state index contributed by atoms with van der Waals surface area (Å²) in [6, 6.07) is 6.28. The molecule has 1 aliphatic rings. The highest BCUT2D eigenvalue weighted by atomic mass is 19.1. The summed E-state index contributed by atoms with van der Waals surface area (Å²) in [6.45, 7) is 5.98. The lowest BCUT2D eigenvalue weighted by molar-refractivity contribution is -0.116. The molecule has 0 saturated carbocycles. The lowest BCUT2D eigenvalue weighted by Crippen LogP contribution is -2.36. The van der Waals surface area contributed by atoms with Crippen molar-refractivity contribution in [3.8, 4) is 0 Å². The summed E-state index contributed by atoms with van der Waals surface area (Å²) >= 11 is 0. The van der Waals surface area contributed by atoms with Crippen LogP contribution < -0.4 is 5.32 Å². The van der Waals surface area contributed by atoms with Crippen LogP contribution in [-0.4, -0.2) is 33.4 Å². The Balaban J connectivity index is 1.46. The van der Waals surface area contributed by atoms with Gasteiger partial charge in [-0.1, -0.05) is 12.1 Å². The lowest BCUT2D eigenvalue weighted by Gasteiger charge is -2.32. The molecule has 2 heterocycles. The number of para-hydroxylation sites is 1. The third-order valence-electron chi connectivity index (χ3n) is 5.04. The molecule has 1 atom stereocenters. The fourth-order valence-electron chi connectivity index (χ4n) is 3.62. The molecular formula is C20H27FN4O. The van der Waals surface area contributed by atoms with Crippen molar-refractivity contribution in [2.45, 2.75) is 45.7 Å². The van der Waals surface area contributed by atoms with Crippen molar-refractivity contribution in [1.29, 1.82) is 0 Å². The van der Waals surface area contributed by atoms with Crippen LogP contribution in [0.1, 0.15) is 38.4 Å². The minimum absolute atomic E-state index is 0.117. The van der Waals surface area contributed by atoms with Gasteiger partial charge in [0.2, 0.25) is 5.91 Å². The maximum atomic E-state index is 13.6. The number of imidazole rings is 1. The van der Waals surface area contributed by atoms with E-state index in [9.17, 15) is 9.18 Å². The zero-order chi connectivity index (χ0) is 18.4. The van der Waals surface area contributed by atoms with Crippen LogP contribution in [0.15, 0.2) is 36.7 Å². The van der Waals surface area contributed by atoms with Gasteiger partial charge in [0.1, 0.15) is 11.6 Å². The van der Waals surface area contributed by atoms with Crippen LogP contribution in [0.25, 0.3) is 0 Å². The predicted molar refractivity (Wildman–Crippen MR) is 100 cm³/mol. The first-order chi connectivity index (χ1) is 12.7. The van der Waals surface area contributed by atoms with E-state index < -0.39 is 5.82 Å². The van der Waals surface area contributed by atoms with Crippen LogP contribution in [0, 0.1) is 11.7 Å². The van der Waals surface area contributed by atoms with Crippen LogP contribution in [0.2, 0.25) is 0 Å². The number of carbonyl (C=O) groups excluding carboxylic acids is 1. The third kappa shape index (κ3) is 4.91. The molecule has 1 aromatic carbocycles. The second-order valence-electron chi connectivity index (χ2n) is 6.94. The number of halogens is 1. The monoisotopic (exact) mass is 358 g/mol. The Morgan fingerprint density at radius 1 is 1.38 bits per heavy atom. The number of nitrogens with one attached hydrogen (secondary N) is 1. The van der Waals surface area contributed by atoms with Crippen molar-refractivity contribution in [2.24, 2.45) is 5.92 Å². The molecule has 0 bridgehead atoms. The van der Waals surface area contributed by atoms with E-state index in [1.807, 2.05) is 12.4 Å². The van der Waals surface area contributed by atoms with E-state index in [1.54, 1.807) is 18.2 Å². The maximum Gasteiger partial charge on any atom is 0.224 e. The van der Waals surface area contributed by atoms with Gasteiger partial charge in [-0.2, -0.15) is 0 Å². The molecule has 1 saturated heterocycles. The van der Waals surface area contributed by atoms with Gasteiger partial charge in [0.05, 0.1) is 12.2 Å². The smallest absolute Gasteiger partial charge is 0.224 e. The highest BCUT2D eigenvalue weighted by Crippen LogP contribution is 2.23. The zero-order valence-electron chi connectivity index (χ0n) is 15.3. The number of aryl methyl sites for hydroxylation is 1. The average Bonchev–Trinajstić information content (AvgIpc) is 3.09. The van der Waals surface area contributed by atoms with Gasteiger partial charge in [-0.05, 0) is 50.8 Å². The lowest BCUT2D eigenvalue weighted by atomic mass is 9.93. The third-order valence-corrected chi connectivity index (χ3v) is 5.04. The van der Waals surface area contributed by atoms with Crippen molar-refractivity contribution < 1.29 is 9.18 Å². The quantitative estimate of drug-likeness (QED) is 0.821. The fourth-order valence-corrected chi connectivity index (χ4v) is 3.62. The minimum atomic E-state index is -0.392. The van der Waals surface area contributed by atoms with Crippen molar-refractivity contribution in [1.82, 2.24) is 14.5 Å². The summed E-state index contributed by atoms with van der Waals surface area (Å²) in [5.41, 5.74) is 0.258. The maximum absolute atomic E-state index is 13.6. The highest BCUT2D eigenvalue weighted by Gasteiger charge is 2.22. The van der Waals surface area contributed by atoms with Crippen LogP contribution in [0.4, 0.5) is 10.1 Å². The first-order valence-corrected chi connectivity index (χ1v) is 9.42. The number of aromatic nitrogens is 2. The highest BCUT2D eigenvalue weighted by molar-refractivity contribution is 5.90. The van der Waals surface area contributed by atoms with Crippen LogP contribution in [0.3, 0.4) is 0 Å². The van der Waals surface area contributed by atoms with E-state index in [0.717, 1.165) is 51.3 Å². The number of anilines is 1. The van der Waals surface area contributed by atoms with Gasteiger partial charge in [0.15, 0.2) is 0 Å². The number of piperidine rings is 1. The number of likely N-dealkylation sites (tertiary alicyclic amines) is 1. The van der Waals surface area contributed by atoms with Gasteiger partial charge >= 0.3 is 0 Å². The Bertz CT molecular complexity index is 730. The molecule has 5 nitrogen and oxygen atoms in total. The molecule has 0 spiro atoms. The molecule has 6 heteroatoms. The standard InChI is InChI=1S/C20H27FN4O/c1-2-25-13-11-22-19(25)15-24-12-5-6-16(14-24)9-10-20(26)23-18-8-4-3-7-17(18)21/h3-4,7-8,11,13,16H,2,5-6,9-10,12,14-15H2,1H3,(H,23,26). The number of carbonyl (C=O) groups is 1. The van der Waals surface area contributed by atoms with Crippen molar-refractivity contribution >= 4 is 11.6 Å². The van der Waals surface area contributed by atoms with Gasteiger partial charge < -0.3 is 9.88 Å². The average molecular weight is 358 g/mol. The fraction of sp³-hybridized carbons (Fsp3) is 0.500.